The average Bonchev–Trinajstić information content (AvgIpc) is 2.72. The lowest BCUT2D eigenvalue weighted by Gasteiger charge is -2.27. The number of nitrogens with zero attached hydrogens (tertiary/aromatic N) is 1. The Balaban J connectivity index is 1.63. The van der Waals surface area contributed by atoms with Gasteiger partial charge in [-0.05, 0) is 29.8 Å². The summed E-state index contributed by atoms with van der Waals surface area (Å²) in [7, 11) is 0. The predicted octanol–water partition coefficient (Wildman–Crippen LogP) is 4.05. The van der Waals surface area contributed by atoms with Crippen LogP contribution in [0.5, 0.6) is 11.5 Å². The SMILES string of the molecule is O=C(N/N=C1/C[C@@H](c2ccccc2)Oc2ccccc21)c1ccccc1O. The summed E-state index contributed by atoms with van der Waals surface area (Å²) in [6, 6.07) is 23.9. The number of aromatic hydroxyl groups is 1. The Kier molecular flexibility index (Phi) is 4.58. The summed E-state index contributed by atoms with van der Waals surface area (Å²) in [6.07, 6.45) is 0.351. The maximum atomic E-state index is 12.4. The van der Waals surface area contributed by atoms with Crippen molar-refractivity contribution in [1.29, 1.82) is 0 Å². The zero-order valence-electron chi connectivity index (χ0n) is 14.5. The van der Waals surface area contributed by atoms with E-state index in [4.69, 9.17) is 4.74 Å². The van der Waals surface area contributed by atoms with Crippen molar-refractivity contribution in [2.75, 3.05) is 0 Å². The topological polar surface area (TPSA) is 70.9 Å². The zero-order valence-corrected chi connectivity index (χ0v) is 14.5. The molecule has 0 bridgehead atoms. The highest BCUT2D eigenvalue weighted by atomic mass is 16.5. The number of fused-ring (bicyclic) bond motifs is 1. The predicted molar refractivity (Wildman–Crippen MR) is 103 cm³/mol. The lowest BCUT2D eigenvalue weighted by atomic mass is 9.96. The van der Waals surface area contributed by atoms with Gasteiger partial charge < -0.3 is 9.84 Å². The van der Waals surface area contributed by atoms with Gasteiger partial charge in [-0.3, -0.25) is 4.79 Å². The second-order valence-corrected chi connectivity index (χ2v) is 6.23. The minimum Gasteiger partial charge on any atom is -0.507 e. The molecule has 4 rings (SSSR count). The second kappa shape index (κ2) is 7.33. The van der Waals surface area contributed by atoms with Gasteiger partial charge in [0.2, 0.25) is 0 Å². The van der Waals surface area contributed by atoms with E-state index in [9.17, 15) is 9.90 Å². The van der Waals surface area contributed by atoms with Crippen molar-refractivity contribution in [3.05, 3.63) is 95.6 Å². The van der Waals surface area contributed by atoms with Crippen LogP contribution < -0.4 is 10.2 Å². The molecule has 1 aliphatic heterocycles. The molecule has 134 valence electrons. The average molecular weight is 358 g/mol. The Labute approximate surface area is 156 Å². The molecule has 0 saturated carbocycles. The normalized spacial score (nSPS) is 17.0. The molecule has 27 heavy (non-hydrogen) atoms. The molecule has 2 N–H and O–H groups in total. The number of benzene rings is 3. The third-order valence-corrected chi connectivity index (χ3v) is 4.46. The second-order valence-electron chi connectivity index (χ2n) is 6.23. The van der Waals surface area contributed by atoms with E-state index in [1.807, 2.05) is 54.6 Å². The van der Waals surface area contributed by atoms with Crippen LogP contribution in [0, 0.1) is 0 Å². The van der Waals surface area contributed by atoms with Crippen LogP contribution in [0.25, 0.3) is 0 Å². The van der Waals surface area contributed by atoms with Crippen molar-refractivity contribution in [2.24, 2.45) is 5.10 Å². The number of para-hydroxylation sites is 2. The fourth-order valence-corrected chi connectivity index (χ4v) is 3.09. The van der Waals surface area contributed by atoms with E-state index in [2.05, 4.69) is 10.5 Å². The number of hydrazone groups is 1. The summed E-state index contributed by atoms with van der Waals surface area (Å²) >= 11 is 0. The Morgan fingerprint density at radius 3 is 2.48 bits per heavy atom. The molecule has 1 atom stereocenters. The third kappa shape index (κ3) is 3.53. The lowest BCUT2D eigenvalue weighted by Crippen LogP contribution is -2.25. The van der Waals surface area contributed by atoms with Crippen LogP contribution in [0.3, 0.4) is 0 Å². The standard InChI is InChI=1S/C22H18N2O3/c25-19-12-6-4-11-17(19)22(26)24-23-18-14-21(15-8-2-1-3-9-15)27-20-13-7-5-10-16(18)20/h1-13,21,25H,14H2,(H,24,26)/b23-18-/t21-/m0/s1. The molecule has 3 aromatic rings. The fraction of sp³-hybridized carbons (Fsp3) is 0.0909. The largest absolute Gasteiger partial charge is 0.507 e. The fourth-order valence-electron chi connectivity index (χ4n) is 3.09. The van der Waals surface area contributed by atoms with Crippen molar-refractivity contribution in [1.82, 2.24) is 5.43 Å². The summed E-state index contributed by atoms with van der Waals surface area (Å²) in [5, 5.41) is 14.2. The maximum absolute atomic E-state index is 12.4. The quantitative estimate of drug-likeness (QED) is 0.694. The van der Waals surface area contributed by atoms with E-state index < -0.39 is 5.91 Å². The Hall–Kier alpha value is -3.60. The molecular formula is C22H18N2O3. The first kappa shape index (κ1) is 16.8. The Bertz CT molecular complexity index is 999. The van der Waals surface area contributed by atoms with E-state index in [-0.39, 0.29) is 17.4 Å². The highest BCUT2D eigenvalue weighted by molar-refractivity contribution is 6.05. The van der Waals surface area contributed by atoms with Gasteiger partial charge in [0.1, 0.15) is 17.6 Å². The molecule has 0 fully saturated rings. The van der Waals surface area contributed by atoms with Gasteiger partial charge in [-0.1, -0.05) is 54.6 Å². The number of rotatable bonds is 3. The zero-order chi connectivity index (χ0) is 18.6. The van der Waals surface area contributed by atoms with E-state index in [1.165, 1.54) is 6.07 Å². The van der Waals surface area contributed by atoms with Gasteiger partial charge in [0.25, 0.3) is 5.91 Å². The molecule has 3 aromatic carbocycles. The molecule has 0 radical (unpaired) electrons. The number of amides is 1. The van der Waals surface area contributed by atoms with Gasteiger partial charge in [0.15, 0.2) is 0 Å². The molecular weight excluding hydrogens is 340 g/mol. The van der Waals surface area contributed by atoms with Gasteiger partial charge in [-0.2, -0.15) is 5.10 Å². The van der Waals surface area contributed by atoms with Gasteiger partial charge in [0, 0.05) is 12.0 Å². The summed E-state index contributed by atoms with van der Waals surface area (Å²) in [4.78, 5) is 12.4. The van der Waals surface area contributed by atoms with Gasteiger partial charge in [-0.25, -0.2) is 5.43 Å². The molecule has 1 aliphatic rings. The number of hydrogen-bond donors (Lipinski definition) is 2. The smallest absolute Gasteiger partial charge is 0.275 e. The first-order valence-electron chi connectivity index (χ1n) is 8.68. The highest BCUT2D eigenvalue weighted by Gasteiger charge is 2.26. The van der Waals surface area contributed by atoms with Crippen LogP contribution in [0.4, 0.5) is 0 Å². The first-order valence-corrected chi connectivity index (χ1v) is 8.68. The molecule has 1 heterocycles. The van der Waals surface area contributed by atoms with Crippen molar-refractivity contribution in [2.45, 2.75) is 12.5 Å². The molecule has 1 amide bonds. The lowest BCUT2D eigenvalue weighted by molar-refractivity contribution is 0.0951. The van der Waals surface area contributed by atoms with Crippen LogP contribution in [-0.2, 0) is 0 Å². The molecule has 0 aliphatic carbocycles. The molecule has 0 unspecified atom stereocenters. The van der Waals surface area contributed by atoms with Gasteiger partial charge in [-0.15, -0.1) is 0 Å². The summed E-state index contributed by atoms with van der Waals surface area (Å²) in [6.45, 7) is 0. The van der Waals surface area contributed by atoms with Crippen molar-refractivity contribution >= 4 is 11.6 Å². The molecule has 0 spiro atoms. The molecule has 5 nitrogen and oxygen atoms in total. The van der Waals surface area contributed by atoms with Gasteiger partial charge in [0.05, 0.1) is 11.3 Å². The Morgan fingerprint density at radius 1 is 0.963 bits per heavy atom. The monoisotopic (exact) mass is 358 g/mol. The van der Waals surface area contributed by atoms with Crippen LogP contribution in [0.2, 0.25) is 0 Å². The first-order chi connectivity index (χ1) is 13.2. The highest BCUT2D eigenvalue weighted by Crippen LogP contribution is 2.34. The number of phenolic OH excluding ortho intramolecular Hbond substituents is 1. The van der Waals surface area contributed by atoms with E-state index in [1.54, 1.807) is 18.2 Å². The van der Waals surface area contributed by atoms with Gasteiger partial charge >= 0.3 is 0 Å². The number of carbonyl (C=O) groups excluding carboxylic acids is 1. The van der Waals surface area contributed by atoms with Crippen LogP contribution >= 0.6 is 0 Å². The summed E-state index contributed by atoms with van der Waals surface area (Å²) in [5.74, 6) is 0.193. The van der Waals surface area contributed by atoms with Crippen LogP contribution in [0.1, 0.15) is 34.0 Å². The number of hydrogen-bond acceptors (Lipinski definition) is 4. The van der Waals surface area contributed by atoms with Crippen LogP contribution in [-0.4, -0.2) is 16.7 Å². The number of carbonyl (C=O) groups is 1. The van der Waals surface area contributed by atoms with E-state index in [0.29, 0.717) is 6.42 Å². The van der Waals surface area contributed by atoms with E-state index >= 15 is 0 Å². The third-order valence-electron chi connectivity index (χ3n) is 4.46. The molecule has 0 saturated heterocycles. The summed E-state index contributed by atoms with van der Waals surface area (Å²) in [5.41, 5.74) is 5.37. The van der Waals surface area contributed by atoms with Crippen molar-refractivity contribution in [3.63, 3.8) is 0 Å². The Morgan fingerprint density at radius 2 is 1.67 bits per heavy atom. The molecule has 0 aromatic heterocycles. The number of nitrogens with one attached hydrogen (secondary N) is 1. The number of ether oxygens (including phenoxy) is 1. The van der Waals surface area contributed by atoms with Crippen LogP contribution in [0.15, 0.2) is 84.0 Å². The molecule has 5 heteroatoms. The summed E-state index contributed by atoms with van der Waals surface area (Å²) < 4.78 is 6.13. The number of phenols is 1. The van der Waals surface area contributed by atoms with Crippen molar-refractivity contribution < 1.29 is 14.6 Å². The van der Waals surface area contributed by atoms with E-state index in [0.717, 1.165) is 22.6 Å². The minimum atomic E-state index is -0.458. The maximum Gasteiger partial charge on any atom is 0.275 e. The van der Waals surface area contributed by atoms with Crippen molar-refractivity contribution in [3.8, 4) is 11.5 Å². The minimum absolute atomic E-state index is 0.0789.